The molecule has 24 heavy (non-hydrogen) atoms. The second-order valence-electron chi connectivity index (χ2n) is 5.03. The normalized spacial score (nSPS) is 20.8. The second kappa shape index (κ2) is 6.99. The molecule has 2 amide bonds. The highest BCUT2D eigenvalue weighted by molar-refractivity contribution is 7.79. The van der Waals surface area contributed by atoms with Gasteiger partial charge in [-0.15, -0.1) is 5.01 Å². The molecule has 1 fully saturated rings. The summed E-state index contributed by atoms with van der Waals surface area (Å²) in [6.07, 6.45) is -5.72. The van der Waals surface area contributed by atoms with Crippen LogP contribution in [0.5, 0.6) is 0 Å². The molecular formula is C13H11Cl2F4N3OS. The molecule has 132 valence electrons. The summed E-state index contributed by atoms with van der Waals surface area (Å²) in [7, 11) is 0. The van der Waals surface area contributed by atoms with Gasteiger partial charge in [-0.05, 0) is 23.6 Å². The van der Waals surface area contributed by atoms with Gasteiger partial charge in [-0.3, -0.25) is 4.90 Å². The van der Waals surface area contributed by atoms with Crippen LogP contribution in [0, 0.1) is 5.92 Å². The molecule has 2 rings (SSSR count). The van der Waals surface area contributed by atoms with Crippen molar-refractivity contribution in [3.05, 3.63) is 29.8 Å². The maximum atomic E-state index is 14.2. The standard InChI is InChI=1S/C13H11Cl2F4N3OS/c1-7(6-24)10-20(12(23)22(19)21(10)11(14)15)9-4-2-3-8(5-9)13(16,17)18/h2-7,10-11H,1H3. The van der Waals surface area contributed by atoms with Gasteiger partial charge in [0.2, 0.25) is 0 Å². The number of urea groups is 1. The van der Waals surface area contributed by atoms with Gasteiger partial charge in [0.15, 0.2) is 4.96 Å². The lowest BCUT2D eigenvalue weighted by Gasteiger charge is -2.31. The Morgan fingerprint density at radius 3 is 2.46 bits per heavy atom. The van der Waals surface area contributed by atoms with Gasteiger partial charge in [-0.2, -0.15) is 13.2 Å². The molecule has 2 atom stereocenters. The molecule has 0 N–H and O–H groups in total. The first kappa shape index (κ1) is 19.2. The quantitative estimate of drug-likeness (QED) is 0.238. The fourth-order valence-electron chi connectivity index (χ4n) is 2.36. The van der Waals surface area contributed by atoms with Gasteiger partial charge in [0.25, 0.3) is 0 Å². The molecule has 1 heterocycles. The summed E-state index contributed by atoms with van der Waals surface area (Å²) in [4.78, 5) is 11.6. The summed E-state index contributed by atoms with van der Waals surface area (Å²) in [5.41, 5.74) is -1.12. The molecule has 0 aromatic heterocycles. The lowest BCUT2D eigenvalue weighted by molar-refractivity contribution is -0.137. The van der Waals surface area contributed by atoms with E-state index in [1.807, 2.05) is 0 Å². The van der Waals surface area contributed by atoms with E-state index in [0.29, 0.717) is 5.01 Å². The number of nitrogens with zero attached hydrogens (tertiary/aromatic N) is 3. The van der Waals surface area contributed by atoms with E-state index in [2.05, 4.69) is 0 Å². The summed E-state index contributed by atoms with van der Waals surface area (Å²) in [6.45, 7) is 1.56. The van der Waals surface area contributed by atoms with E-state index in [1.165, 1.54) is 11.4 Å². The minimum absolute atomic E-state index is 0.150. The molecule has 4 nitrogen and oxygen atoms in total. The van der Waals surface area contributed by atoms with E-state index in [1.54, 1.807) is 6.92 Å². The summed E-state index contributed by atoms with van der Waals surface area (Å²) >= 11 is 16.2. The van der Waals surface area contributed by atoms with Gasteiger partial charge in [-0.25, -0.2) is 4.79 Å². The molecule has 0 bridgehead atoms. The Kier molecular flexibility index (Phi) is 5.58. The van der Waals surface area contributed by atoms with Crippen molar-refractivity contribution in [1.29, 1.82) is 0 Å². The summed E-state index contributed by atoms with van der Waals surface area (Å²) in [5, 5.41) is 1.62. The monoisotopic (exact) mass is 403 g/mol. The van der Waals surface area contributed by atoms with Crippen molar-refractivity contribution in [3.8, 4) is 0 Å². The molecule has 0 radical (unpaired) electrons. The van der Waals surface area contributed by atoms with Crippen molar-refractivity contribution in [1.82, 2.24) is 10.2 Å². The number of hydrazine groups is 1. The number of carbonyl (C=O) groups is 1. The second-order valence-corrected chi connectivity index (χ2v) is 6.35. The van der Waals surface area contributed by atoms with Crippen LogP contribution in [-0.4, -0.2) is 32.8 Å². The predicted molar refractivity (Wildman–Crippen MR) is 86.2 cm³/mol. The summed E-state index contributed by atoms with van der Waals surface area (Å²) in [6, 6.07) is 2.75. The maximum absolute atomic E-state index is 14.2. The van der Waals surface area contributed by atoms with Gasteiger partial charge >= 0.3 is 12.2 Å². The van der Waals surface area contributed by atoms with Gasteiger partial charge in [0.1, 0.15) is 6.17 Å². The van der Waals surface area contributed by atoms with Crippen molar-refractivity contribution in [2.24, 2.45) is 5.92 Å². The van der Waals surface area contributed by atoms with E-state index in [0.717, 1.165) is 23.1 Å². The van der Waals surface area contributed by atoms with Crippen LogP contribution in [0.4, 0.5) is 28.1 Å². The minimum atomic E-state index is -4.61. The van der Waals surface area contributed by atoms with Gasteiger partial charge < -0.3 is 0 Å². The molecule has 0 aliphatic carbocycles. The largest absolute Gasteiger partial charge is 0.416 e. The van der Waals surface area contributed by atoms with Crippen LogP contribution in [0.3, 0.4) is 0 Å². The fourth-order valence-corrected chi connectivity index (χ4v) is 2.88. The molecule has 0 saturated carbocycles. The first-order valence-corrected chi connectivity index (χ1v) is 7.92. The van der Waals surface area contributed by atoms with Crippen LogP contribution in [-0.2, 0) is 6.18 Å². The number of halogens is 6. The van der Waals surface area contributed by atoms with Gasteiger partial charge in [-0.1, -0.05) is 58.1 Å². The van der Waals surface area contributed by atoms with Crippen LogP contribution in [0.25, 0.3) is 0 Å². The third-order valence-electron chi connectivity index (χ3n) is 3.44. The number of benzene rings is 1. The SMILES string of the molecule is CC(C=S)C1N(c2cccc(C(F)(F)F)c2)C(=O)N(F)N1C(Cl)Cl. The van der Waals surface area contributed by atoms with Crippen molar-refractivity contribution in [2.45, 2.75) is 24.2 Å². The van der Waals surface area contributed by atoms with E-state index in [-0.39, 0.29) is 10.9 Å². The Morgan fingerprint density at radius 1 is 1.33 bits per heavy atom. The Labute approximate surface area is 150 Å². The molecule has 2 unspecified atom stereocenters. The summed E-state index contributed by atoms with van der Waals surface area (Å²) < 4.78 is 52.9. The Bertz CT molecular complexity index is 646. The molecule has 1 aromatic carbocycles. The molecule has 1 aliphatic rings. The average molecular weight is 404 g/mol. The molecule has 11 heteroatoms. The van der Waals surface area contributed by atoms with E-state index in [9.17, 15) is 22.4 Å². The van der Waals surface area contributed by atoms with Crippen molar-refractivity contribution in [3.63, 3.8) is 0 Å². The fraction of sp³-hybridized carbons (Fsp3) is 0.385. The first-order valence-electron chi connectivity index (χ1n) is 6.57. The van der Waals surface area contributed by atoms with E-state index < -0.39 is 34.8 Å². The van der Waals surface area contributed by atoms with Crippen LogP contribution in [0.1, 0.15) is 12.5 Å². The number of thiocarbonyl (C=S) groups is 1. The number of hydrogen-bond donors (Lipinski definition) is 0. The number of anilines is 1. The van der Waals surface area contributed by atoms with Crippen LogP contribution >= 0.6 is 35.4 Å². The average Bonchev–Trinajstić information content (AvgIpc) is 2.78. The highest BCUT2D eigenvalue weighted by atomic mass is 35.5. The highest BCUT2D eigenvalue weighted by Crippen LogP contribution is 2.38. The van der Waals surface area contributed by atoms with Crippen molar-refractivity contribution in [2.75, 3.05) is 4.90 Å². The molecule has 1 saturated heterocycles. The Hall–Kier alpha value is -1.16. The van der Waals surface area contributed by atoms with E-state index >= 15 is 0 Å². The zero-order valence-corrected chi connectivity index (χ0v) is 14.4. The zero-order chi connectivity index (χ0) is 18.2. The lowest BCUT2D eigenvalue weighted by atomic mass is 10.1. The van der Waals surface area contributed by atoms with E-state index in [4.69, 9.17) is 35.4 Å². The first-order chi connectivity index (χ1) is 11.1. The number of amides is 2. The Morgan fingerprint density at radius 2 is 1.96 bits per heavy atom. The number of rotatable bonds is 4. The molecule has 1 aliphatic heterocycles. The van der Waals surface area contributed by atoms with Crippen molar-refractivity contribution < 1.29 is 22.4 Å². The van der Waals surface area contributed by atoms with Gasteiger partial charge in [0.05, 0.1) is 5.56 Å². The summed E-state index contributed by atoms with van der Waals surface area (Å²) in [5.74, 6) is -0.612. The topological polar surface area (TPSA) is 26.8 Å². The van der Waals surface area contributed by atoms with Crippen LogP contribution in [0.15, 0.2) is 24.3 Å². The zero-order valence-electron chi connectivity index (χ0n) is 12.0. The van der Waals surface area contributed by atoms with Crippen LogP contribution < -0.4 is 4.90 Å². The van der Waals surface area contributed by atoms with Crippen molar-refractivity contribution >= 4 is 52.5 Å². The minimum Gasteiger partial charge on any atom is -0.272 e. The predicted octanol–water partition coefficient (Wildman–Crippen LogP) is 4.77. The van der Waals surface area contributed by atoms with Crippen LogP contribution in [0.2, 0.25) is 0 Å². The number of carbonyl (C=O) groups excluding carboxylic acids is 1. The third kappa shape index (κ3) is 3.44. The smallest absolute Gasteiger partial charge is 0.272 e. The molecule has 0 spiro atoms. The third-order valence-corrected chi connectivity index (χ3v) is 4.27. The van der Waals surface area contributed by atoms with Gasteiger partial charge in [0, 0.05) is 11.6 Å². The highest BCUT2D eigenvalue weighted by Gasteiger charge is 2.50. The maximum Gasteiger partial charge on any atom is 0.416 e. The molecular weight excluding hydrogens is 393 g/mol. The number of hydrogen-bond acceptors (Lipinski definition) is 3. The number of alkyl halides is 5. The molecule has 1 aromatic rings. The Balaban J connectivity index is 2.54. The lowest BCUT2D eigenvalue weighted by Crippen LogP contribution is -2.47.